The predicted molar refractivity (Wildman–Crippen MR) is 81.0 cm³/mol. The molecule has 4 nitrogen and oxygen atoms in total. The number of rotatable bonds is 6. The van der Waals surface area contributed by atoms with E-state index in [9.17, 15) is 4.79 Å². The van der Waals surface area contributed by atoms with Crippen LogP contribution in [0, 0.1) is 0 Å². The Morgan fingerprint density at radius 2 is 2.35 bits per heavy atom. The Morgan fingerprint density at radius 3 is 3.05 bits per heavy atom. The van der Waals surface area contributed by atoms with E-state index < -0.39 is 0 Å². The van der Waals surface area contributed by atoms with Crippen molar-refractivity contribution >= 4 is 21.9 Å². The van der Waals surface area contributed by atoms with Crippen LogP contribution in [0.1, 0.15) is 18.9 Å². The van der Waals surface area contributed by atoms with Gasteiger partial charge in [0.15, 0.2) is 0 Å². The molecular formula is C15H20BrNO3. The molecule has 20 heavy (non-hydrogen) atoms. The van der Waals surface area contributed by atoms with Crippen LogP contribution >= 0.6 is 15.9 Å². The van der Waals surface area contributed by atoms with Crippen molar-refractivity contribution in [2.24, 2.45) is 0 Å². The van der Waals surface area contributed by atoms with Gasteiger partial charge in [-0.2, -0.15) is 0 Å². The van der Waals surface area contributed by atoms with Crippen molar-refractivity contribution in [1.29, 1.82) is 0 Å². The molecule has 0 spiro atoms. The van der Waals surface area contributed by atoms with E-state index in [1.54, 1.807) is 0 Å². The average molecular weight is 342 g/mol. The number of nitrogens with zero attached hydrogens (tertiary/aromatic N) is 1. The number of hydrogen-bond donors (Lipinski definition) is 0. The fourth-order valence-corrected chi connectivity index (χ4v) is 2.82. The third kappa shape index (κ3) is 3.96. The third-order valence-electron chi connectivity index (χ3n) is 3.53. The number of esters is 1. The summed E-state index contributed by atoms with van der Waals surface area (Å²) in [6, 6.07) is 6.11. The number of hydrogen-bond acceptors (Lipinski definition) is 4. The molecule has 0 aromatic heterocycles. The van der Waals surface area contributed by atoms with Gasteiger partial charge in [-0.15, -0.1) is 0 Å². The quantitative estimate of drug-likeness (QED) is 0.745. The lowest BCUT2D eigenvalue weighted by Crippen LogP contribution is -2.36. The molecule has 110 valence electrons. The molecule has 1 atom stereocenters. The number of ether oxygens (including phenoxy) is 2. The first kappa shape index (κ1) is 15.3. The third-order valence-corrected chi connectivity index (χ3v) is 4.03. The predicted octanol–water partition coefficient (Wildman–Crippen LogP) is 2.64. The minimum atomic E-state index is -0.164. The van der Waals surface area contributed by atoms with E-state index in [0.29, 0.717) is 13.0 Å². The van der Waals surface area contributed by atoms with Gasteiger partial charge in [0.05, 0.1) is 13.5 Å². The first-order valence-electron chi connectivity index (χ1n) is 6.86. The van der Waals surface area contributed by atoms with E-state index in [2.05, 4.69) is 38.6 Å². The second-order valence-corrected chi connectivity index (χ2v) is 5.83. The number of methoxy groups -OCH3 is 1. The molecule has 5 heteroatoms. The summed E-state index contributed by atoms with van der Waals surface area (Å²) in [5.74, 6) is 0.810. The highest BCUT2D eigenvalue weighted by molar-refractivity contribution is 9.10. The normalized spacial score (nSPS) is 16.9. The molecule has 0 saturated carbocycles. The SMILES string of the molecule is CCN(CCC(=O)OC)CC1Cc2cc(Br)ccc2O1. The molecule has 1 aromatic carbocycles. The van der Waals surface area contributed by atoms with Crippen LogP contribution in [0.5, 0.6) is 5.75 Å². The van der Waals surface area contributed by atoms with Crippen molar-refractivity contribution in [2.75, 3.05) is 26.7 Å². The monoisotopic (exact) mass is 341 g/mol. The van der Waals surface area contributed by atoms with Gasteiger partial charge in [0.25, 0.3) is 0 Å². The van der Waals surface area contributed by atoms with E-state index in [0.717, 1.165) is 29.7 Å². The molecule has 0 N–H and O–H groups in total. The van der Waals surface area contributed by atoms with E-state index in [1.165, 1.54) is 12.7 Å². The highest BCUT2D eigenvalue weighted by atomic mass is 79.9. The highest BCUT2D eigenvalue weighted by Gasteiger charge is 2.24. The number of fused-ring (bicyclic) bond motifs is 1. The van der Waals surface area contributed by atoms with Crippen LogP contribution < -0.4 is 4.74 Å². The average Bonchev–Trinajstić information content (AvgIpc) is 2.84. The van der Waals surface area contributed by atoms with Gasteiger partial charge in [0, 0.05) is 24.0 Å². The van der Waals surface area contributed by atoms with E-state index in [-0.39, 0.29) is 12.1 Å². The molecule has 1 aliphatic heterocycles. The fourth-order valence-electron chi connectivity index (χ4n) is 2.41. The summed E-state index contributed by atoms with van der Waals surface area (Å²) in [4.78, 5) is 13.4. The maximum atomic E-state index is 11.2. The summed E-state index contributed by atoms with van der Waals surface area (Å²) in [5.41, 5.74) is 1.24. The topological polar surface area (TPSA) is 38.8 Å². The van der Waals surface area contributed by atoms with Crippen molar-refractivity contribution < 1.29 is 14.3 Å². The molecule has 0 fully saturated rings. The molecule has 2 rings (SSSR count). The van der Waals surface area contributed by atoms with E-state index >= 15 is 0 Å². The number of halogens is 1. The standard InChI is InChI=1S/C15H20BrNO3/c1-3-17(7-6-15(18)19-2)10-13-9-11-8-12(16)4-5-14(11)20-13/h4-5,8,13H,3,6-7,9-10H2,1-2H3. The number of carbonyl (C=O) groups excluding carboxylic acids is 1. The Kier molecular flexibility index (Phi) is 5.43. The zero-order valence-corrected chi connectivity index (χ0v) is 13.5. The summed E-state index contributed by atoms with van der Waals surface area (Å²) in [6.07, 6.45) is 1.51. The van der Waals surface area contributed by atoms with Gasteiger partial charge < -0.3 is 9.47 Å². The van der Waals surface area contributed by atoms with Gasteiger partial charge in [-0.25, -0.2) is 0 Å². The van der Waals surface area contributed by atoms with Gasteiger partial charge in [0.1, 0.15) is 11.9 Å². The number of likely N-dealkylation sites (N-methyl/N-ethyl adjacent to an activating group) is 1. The van der Waals surface area contributed by atoms with Crippen LogP contribution in [0.15, 0.2) is 22.7 Å². The minimum Gasteiger partial charge on any atom is -0.488 e. The lowest BCUT2D eigenvalue weighted by Gasteiger charge is -2.23. The lowest BCUT2D eigenvalue weighted by atomic mass is 10.1. The Morgan fingerprint density at radius 1 is 1.55 bits per heavy atom. The van der Waals surface area contributed by atoms with Crippen LogP contribution in [0.4, 0.5) is 0 Å². The zero-order chi connectivity index (χ0) is 14.5. The Bertz CT molecular complexity index is 478. The largest absolute Gasteiger partial charge is 0.488 e. The summed E-state index contributed by atoms with van der Waals surface area (Å²) in [5, 5.41) is 0. The van der Waals surface area contributed by atoms with Gasteiger partial charge in [-0.05, 0) is 30.3 Å². The Labute approximate surface area is 128 Å². The van der Waals surface area contributed by atoms with E-state index in [1.807, 2.05) is 12.1 Å². The van der Waals surface area contributed by atoms with Crippen LogP contribution in [0.3, 0.4) is 0 Å². The molecular weight excluding hydrogens is 322 g/mol. The maximum Gasteiger partial charge on any atom is 0.306 e. The van der Waals surface area contributed by atoms with Crippen LogP contribution in [-0.2, 0) is 16.0 Å². The first-order chi connectivity index (χ1) is 9.62. The second kappa shape index (κ2) is 7.09. The molecule has 0 radical (unpaired) electrons. The molecule has 0 saturated heterocycles. The lowest BCUT2D eigenvalue weighted by molar-refractivity contribution is -0.141. The molecule has 1 heterocycles. The summed E-state index contributed by atoms with van der Waals surface area (Å²) in [6.45, 7) is 4.54. The molecule has 0 bridgehead atoms. The Hall–Kier alpha value is -1.07. The van der Waals surface area contributed by atoms with Crippen molar-refractivity contribution in [3.63, 3.8) is 0 Å². The molecule has 1 unspecified atom stereocenters. The second-order valence-electron chi connectivity index (χ2n) is 4.92. The van der Waals surface area contributed by atoms with Gasteiger partial charge >= 0.3 is 5.97 Å². The van der Waals surface area contributed by atoms with Gasteiger partial charge in [-0.3, -0.25) is 9.69 Å². The Balaban J connectivity index is 1.86. The van der Waals surface area contributed by atoms with Crippen molar-refractivity contribution in [2.45, 2.75) is 25.9 Å². The first-order valence-corrected chi connectivity index (χ1v) is 7.66. The number of benzene rings is 1. The molecule has 1 aliphatic rings. The zero-order valence-electron chi connectivity index (χ0n) is 11.9. The van der Waals surface area contributed by atoms with Gasteiger partial charge in [-0.1, -0.05) is 22.9 Å². The summed E-state index contributed by atoms with van der Waals surface area (Å²) < 4.78 is 11.7. The van der Waals surface area contributed by atoms with Crippen LogP contribution in [0.2, 0.25) is 0 Å². The number of carbonyl (C=O) groups is 1. The van der Waals surface area contributed by atoms with Crippen LogP contribution in [0.25, 0.3) is 0 Å². The summed E-state index contributed by atoms with van der Waals surface area (Å²) >= 11 is 3.48. The summed E-state index contributed by atoms with van der Waals surface area (Å²) in [7, 11) is 1.42. The molecule has 0 amide bonds. The highest BCUT2D eigenvalue weighted by Crippen LogP contribution is 2.31. The minimum absolute atomic E-state index is 0.164. The van der Waals surface area contributed by atoms with Crippen molar-refractivity contribution in [3.05, 3.63) is 28.2 Å². The van der Waals surface area contributed by atoms with Crippen molar-refractivity contribution in [1.82, 2.24) is 4.90 Å². The smallest absolute Gasteiger partial charge is 0.306 e. The fraction of sp³-hybridized carbons (Fsp3) is 0.533. The van der Waals surface area contributed by atoms with Gasteiger partial charge in [0.2, 0.25) is 0 Å². The molecule has 1 aromatic rings. The maximum absolute atomic E-state index is 11.2. The van der Waals surface area contributed by atoms with Crippen LogP contribution in [-0.4, -0.2) is 43.7 Å². The van der Waals surface area contributed by atoms with E-state index in [4.69, 9.17) is 4.74 Å². The van der Waals surface area contributed by atoms with Crippen molar-refractivity contribution in [3.8, 4) is 5.75 Å². The molecule has 0 aliphatic carbocycles.